The second-order valence-electron chi connectivity index (χ2n) is 4.42. The zero-order valence-electron chi connectivity index (χ0n) is 10.3. The largest absolute Gasteiger partial charge is 0.508 e. The summed E-state index contributed by atoms with van der Waals surface area (Å²) in [5.74, 6) is -3.52. The number of aromatic carboxylic acids is 2. The van der Waals surface area contributed by atoms with Crippen LogP contribution in [0.4, 0.5) is 0 Å². The molecule has 0 fully saturated rings. The normalized spacial score (nSPS) is 11.0. The Bertz CT molecular complexity index is 920. The van der Waals surface area contributed by atoms with Crippen LogP contribution in [-0.2, 0) is 0 Å². The van der Waals surface area contributed by atoms with E-state index in [4.69, 9.17) is 14.6 Å². The predicted molar refractivity (Wildman–Crippen MR) is 71.0 cm³/mol. The van der Waals surface area contributed by atoms with Gasteiger partial charge in [-0.15, -0.1) is 0 Å². The fourth-order valence-corrected chi connectivity index (χ4v) is 2.27. The Kier molecular flexibility index (Phi) is 2.52. The Balaban J connectivity index is 2.54. The topological polar surface area (TPSA) is 128 Å². The Labute approximate surface area is 116 Å². The first-order valence-electron chi connectivity index (χ1n) is 5.78. The van der Waals surface area contributed by atoms with Crippen LogP contribution in [0.5, 0.6) is 11.5 Å². The van der Waals surface area contributed by atoms with Crippen molar-refractivity contribution in [2.45, 2.75) is 0 Å². The number of benzene rings is 2. The quantitative estimate of drug-likeness (QED) is 0.569. The summed E-state index contributed by atoms with van der Waals surface area (Å²) >= 11 is 0. The third-order valence-corrected chi connectivity index (χ3v) is 3.16. The van der Waals surface area contributed by atoms with Crippen LogP contribution in [0, 0.1) is 0 Å². The Hall–Kier alpha value is -3.22. The third kappa shape index (κ3) is 1.75. The van der Waals surface area contributed by atoms with Crippen LogP contribution in [0.3, 0.4) is 0 Å². The molecule has 3 rings (SSSR count). The molecule has 0 radical (unpaired) electrons. The fourth-order valence-electron chi connectivity index (χ4n) is 2.27. The van der Waals surface area contributed by atoms with Gasteiger partial charge < -0.3 is 24.8 Å². The first kappa shape index (κ1) is 12.8. The van der Waals surface area contributed by atoms with E-state index in [0.717, 1.165) is 12.1 Å². The van der Waals surface area contributed by atoms with Crippen molar-refractivity contribution in [1.82, 2.24) is 0 Å². The highest BCUT2D eigenvalue weighted by molar-refractivity contribution is 6.16. The van der Waals surface area contributed by atoms with E-state index >= 15 is 0 Å². The van der Waals surface area contributed by atoms with Gasteiger partial charge in [-0.25, -0.2) is 9.59 Å². The lowest BCUT2D eigenvalue weighted by Gasteiger charge is -2.01. The molecule has 3 aromatic rings. The smallest absolute Gasteiger partial charge is 0.339 e. The number of rotatable bonds is 2. The van der Waals surface area contributed by atoms with Gasteiger partial charge in [0.2, 0.25) is 0 Å². The van der Waals surface area contributed by atoms with Crippen LogP contribution in [0.1, 0.15) is 20.7 Å². The number of hydrogen-bond donors (Lipinski definition) is 4. The van der Waals surface area contributed by atoms with Crippen molar-refractivity contribution in [2.24, 2.45) is 0 Å². The summed E-state index contributed by atoms with van der Waals surface area (Å²) in [5, 5.41) is 37.9. The molecule has 0 saturated heterocycles. The monoisotopic (exact) mass is 288 g/mol. The molecule has 0 atom stereocenters. The summed E-state index contributed by atoms with van der Waals surface area (Å²) in [6.07, 6.45) is 0. The number of furan rings is 1. The van der Waals surface area contributed by atoms with E-state index in [1.165, 1.54) is 12.1 Å². The fraction of sp³-hybridized carbons (Fsp3) is 0. The minimum atomic E-state index is -1.33. The third-order valence-electron chi connectivity index (χ3n) is 3.16. The highest BCUT2D eigenvalue weighted by Gasteiger charge is 2.22. The number of phenols is 2. The van der Waals surface area contributed by atoms with Gasteiger partial charge in [0.25, 0.3) is 0 Å². The molecule has 0 bridgehead atoms. The van der Waals surface area contributed by atoms with Crippen molar-refractivity contribution >= 4 is 33.9 Å². The van der Waals surface area contributed by atoms with Crippen LogP contribution < -0.4 is 0 Å². The zero-order chi connectivity index (χ0) is 15.3. The van der Waals surface area contributed by atoms with E-state index < -0.39 is 17.7 Å². The van der Waals surface area contributed by atoms with Crippen LogP contribution in [0.25, 0.3) is 21.9 Å². The van der Waals surface area contributed by atoms with E-state index in [2.05, 4.69) is 0 Å². The molecule has 106 valence electrons. The Morgan fingerprint density at radius 2 is 1.62 bits per heavy atom. The molecule has 2 aromatic carbocycles. The molecule has 7 heteroatoms. The van der Waals surface area contributed by atoms with Crippen LogP contribution in [0.2, 0.25) is 0 Å². The maximum Gasteiger partial charge on any atom is 0.339 e. The SMILES string of the molecule is O=C(O)c1ccc2oc3c(C(=O)O)cc(O)cc3c2c1O. The lowest BCUT2D eigenvalue weighted by Crippen LogP contribution is -1.96. The van der Waals surface area contributed by atoms with Gasteiger partial charge in [0.15, 0.2) is 0 Å². The van der Waals surface area contributed by atoms with E-state index in [1.807, 2.05) is 0 Å². The summed E-state index contributed by atoms with van der Waals surface area (Å²) in [4.78, 5) is 22.2. The molecule has 0 saturated carbocycles. The zero-order valence-corrected chi connectivity index (χ0v) is 10.3. The molecule has 1 heterocycles. The van der Waals surface area contributed by atoms with Crippen LogP contribution >= 0.6 is 0 Å². The molecule has 0 amide bonds. The second-order valence-corrected chi connectivity index (χ2v) is 4.42. The molecule has 0 spiro atoms. The van der Waals surface area contributed by atoms with Crippen molar-refractivity contribution in [3.05, 3.63) is 35.4 Å². The standard InChI is InChI=1S/C14H8O7/c15-5-3-7-10-9(2-1-6(11(10)16)13(17)18)21-12(7)8(4-5)14(19)20/h1-4,15-16H,(H,17,18)(H,19,20). The maximum atomic E-state index is 11.2. The number of hydrogen-bond acceptors (Lipinski definition) is 5. The molecule has 0 aliphatic rings. The highest BCUT2D eigenvalue weighted by atomic mass is 16.4. The van der Waals surface area contributed by atoms with Crippen LogP contribution in [-0.4, -0.2) is 32.4 Å². The molecule has 21 heavy (non-hydrogen) atoms. The van der Waals surface area contributed by atoms with E-state index in [-0.39, 0.29) is 38.8 Å². The van der Waals surface area contributed by atoms with Crippen LogP contribution in [0.15, 0.2) is 28.7 Å². The second kappa shape index (κ2) is 4.14. The number of carboxylic acid groups (broad SMARTS) is 2. The summed E-state index contributed by atoms with van der Waals surface area (Å²) in [6, 6.07) is 4.70. The summed E-state index contributed by atoms with van der Waals surface area (Å²) in [5.41, 5.74) is -0.545. The summed E-state index contributed by atoms with van der Waals surface area (Å²) in [6.45, 7) is 0. The molecule has 4 N–H and O–H groups in total. The minimum absolute atomic E-state index is 0.0447. The molecule has 0 unspecified atom stereocenters. The van der Waals surface area contributed by atoms with Crippen molar-refractivity contribution in [1.29, 1.82) is 0 Å². The van der Waals surface area contributed by atoms with E-state index in [0.29, 0.717) is 0 Å². The number of carbonyl (C=O) groups is 2. The first-order chi connectivity index (χ1) is 9.90. The number of carboxylic acids is 2. The van der Waals surface area contributed by atoms with E-state index in [9.17, 15) is 19.8 Å². The van der Waals surface area contributed by atoms with Gasteiger partial charge in [0.05, 0.1) is 5.39 Å². The average molecular weight is 288 g/mol. The maximum absolute atomic E-state index is 11.2. The van der Waals surface area contributed by atoms with Gasteiger partial charge in [-0.3, -0.25) is 0 Å². The van der Waals surface area contributed by atoms with Crippen molar-refractivity contribution in [3.8, 4) is 11.5 Å². The number of phenolic OH excluding ortho intramolecular Hbond substituents is 1. The van der Waals surface area contributed by atoms with Gasteiger partial charge in [0, 0.05) is 5.39 Å². The lowest BCUT2D eigenvalue weighted by molar-refractivity contribution is 0.0684. The lowest BCUT2D eigenvalue weighted by atomic mass is 10.1. The predicted octanol–water partition coefficient (Wildman–Crippen LogP) is 2.39. The van der Waals surface area contributed by atoms with Gasteiger partial charge in [-0.2, -0.15) is 0 Å². The minimum Gasteiger partial charge on any atom is -0.508 e. The summed E-state index contributed by atoms with van der Waals surface area (Å²) < 4.78 is 5.37. The van der Waals surface area contributed by atoms with Crippen molar-refractivity contribution < 1.29 is 34.4 Å². The van der Waals surface area contributed by atoms with Gasteiger partial charge in [-0.1, -0.05) is 0 Å². The summed E-state index contributed by atoms with van der Waals surface area (Å²) in [7, 11) is 0. The van der Waals surface area contributed by atoms with Gasteiger partial charge >= 0.3 is 11.9 Å². The van der Waals surface area contributed by atoms with Gasteiger partial charge in [0.1, 0.15) is 33.8 Å². The molecular weight excluding hydrogens is 280 g/mol. The number of aromatic hydroxyl groups is 2. The molecule has 7 nitrogen and oxygen atoms in total. The van der Waals surface area contributed by atoms with Crippen molar-refractivity contribution in [3.63, 3.8) is 0 Å². The highest BCUT2D eigenvalue weighted by Crippen LogP contribution is 2.40. The first-order valence-corrected chi connectivity index (χ1v) is 5.78. The average Bonchev–Trinajstić information content (AvgIpc) is 2.76. The van der Waals surface area contributed by atoms with E-state index in [1.54, 1.807) is 0 Å². The Morgan fingerprint density at radius 3 is 2.24 bits per heavy atom. The molecule has 0 aliphatic carbocycles. The number of fused-ring (bicyclic) bond motifs is 3. The van der Waals surface area contributed by atoms with Gasteiger partial charge in [-0.05, 0) is 24.3 Å². The van der Waals surface area contributed by atoms with Crippen molar-refractivity contribution in [2.75, 3.05) is 0 Å². The molecular formula is C14H8O7. The molecule has 1 aromatic heterocycles. The Morgan fingerprint density at radius 1 is 0.952 bits per heavy atom. The molecule has 0 aliphatic heterocycles.